The van der Waals surface area contributed by atoms with E-state index < -0.39 is 0 Å². The molecule has 1 atom stereocenters. The zero-order valence-electron chi connectivity index (χ0n) is 11.5. The lowest BCUT2D eigenvalue weighted by Gasteiger charge is -2.12. The standard InChI is InChI=1S/C14H23N3O/c1-4-6-8-16-14(18)12-7-9-15-13(10-12)17-11(3)5-2/h7,9-11H,4-6,8H2,1-3H3,(H,15,17)(H,16,18). The predicted molar refractivity (Wildman–Crippen MR) is 74.9 cm³/mol. The summed E-state index contributed by atoms with van der Waals surface area (Å²) in [5.41, 5.74) is 0.659. The Morgan fingerprint density at radius 1 is 1.44 bits per heavy atom. The van der Waals surface area contributed by atoms with Crippen molar-refractivity contribution in [1.82, 2.24) is 10.3 Å². The molecule has 0 aromatic carbocycles. The number of amides is 1. The van der Waals surface area contributed by atoms with Gasteiger partial charge < -0.3 is 10.6 Å². The molecule has 0 saturated carbocycles. The molecule has 0 fully saturated rings. The van der Waals surface area contributed by atoms with Crippen LogP contribution in [0.2, 0.25) is 0 Å². The van der Waals surface area contributed by atoms with Crippen LogP contribution < -0.4 is 10.6 Å². The maximum absolute atomic E-state index is 11.9. The molecule has 1 amide bonds. The van der Waals surface area contributed by atoms with Crippen LogP contribution in [-0.2, 0) is 0 Å². The molecule has 0 bridgehead atoms. The molecule has 2 N–H and O–H groups in total. The zero-order chi connectivity index (χ0) is 13.4. The number of hydrogen-bond acceptors (Lipinski definition) is 3. The summed E-state index contributed by atoms with van der Waals surface area (Å²) < 4.78 is 0. The van der Waals surface area contributed by atoms with Gasteiger partial charge in [-0.25, -0.2) is 4.98 Å². The zero-order valence-corrected chi connectivity index (χ0v) is 11.5. The highest BCUT2D eigenvalue weighted by molar-refractivity contribution is 5.94. The van der Waals surface area contributed by atoms with Crippen molar-refractivity contribution >= 4 is 11.7 Å². The Bertz CT molecular complexity index is 379. The third-order valence-electron chi connectivity index (χ3n) is 2.84. The topological polar surface area (TPSA) is 54.0 Å². The van der Waals surface area contributed by atoms with Gasteiger partial charge in [-0.15, -0.1) is 0 Å². The van der Waals surface area contributed by atoms with Gasteiger partial charge >= 0.3 is 0 Å². The smallest absolute Gasteiger partial charge is 0.251 e. The summed E-state index contributed by atoms with van der Waals surface area (Å²) in [5.74, 6) is 0.727. The van der Waals surface area contributed by atoms with E-state index in [1.165, 1.54) is 0 Å². The summed E-state index contributed by atoms with van der Waals surface area (Å²) in [6.07, 6.45) is 4.78. The molecular weight excluding hydrogens is 226 g/mol. The number of unbranched alkanes of at least 4 members (excludes halogenated alkanes) is 1. The van der Waals surface area contributed by atoms with Gasteiger partial charge in [0.1, 0.15) is 5.82 Å². The third kappa shape index (κ3) is 4.73. The number of hydrogen-bond donors (Lipinski definition) is 2. The van der Waals surface area contributed by atoms with Crippen LogP contribution in [0.5, 0.6) is 0 Å². The van der Waals surface area contributed by atoms with Gasteiger partial charge in [0.2, 0.25) is 0 Å². The minimum Gasteiger partial charge on any atom is -0.368 e. The molecule has 0 aliphatic rings. The summed E-state index contributed by atoms with van der Waals surface area (Å²) in [7, 11) is 0. The van der Waals surface area contributed by atoms with Gasteiger partial charge in [-0.1, -0.05) is 20.3 Å². The lowest BCUT2D eigenvalue weighted by molar-refractivity contribution is 0.0953. The molecule has 0 saturated heterocycles. The highest BCUT2D eigenvalue weighted by atomic mass is 16.1. The van der Waals surface area contributed by atoms with Crippen LogP contribution in [-0.4, -0.2) is 23.5 Å². The minimum atomic E-state index is -0.0296. The van der Waals surface area contributed by atoms with Gasteiger partial charge in [0.05, 0.1) is 0 Å². The molecule has 100 valence electrons. The largest absolute Gasteiger partial charge is 0.368 e. The molecule has 4 heteroatoms. The van der Waals surface area contributed by atoms with Crippen molar-refractivity contribution in [2.45, 2.75) is 46.1 Å². The maximum Gasteiger partial charge on any atom is 0.251 e. The molecule has 0 aliphatic heterocycles. The first-order valence-electron chi connectivity index (χ1n) is 6.68. The summed E-state index contributed by atoms with van der Waals surface area (Å²) in [6.45, 7) is 7.03. The van der Waals surface area contributed by atoms with Crippen molar-refractivity contribution in [3.8, 4) is 0 Å². The fraction of sp³-hybridized carbons (Fsp3) is 0.571. The van der Waals surface area contributed by atoms with E-state index in [1.54, 1.807) is 18.3 Å². The molecule has 1 aromatic heterocycles. The van der Waals surface area contributed by atoms with E-state index in [4.69, 9.17) is 0 Å². The number of anilines is 1. The number of pyridine rings is 1. The van der Waals surface area contributed by atoms with Crippen molar-refractivity contribution in [3.05, 3.63) is 23.9 Å². The highest BCUT2D eigenvalue weighted by Gasteiger charge is 2.07. The lowest BCUT2D eigenvalue weighted by atomic mass is 10.2. The Balaban J connectivity index is 2.60. The number of nitrogens with zero attached hydrogens (tertiary/aromatic N) is 1. The van der Waals surface area contributed by atoms with E-state index in [1.807, 2.05) is 0 Å². The second-order valence-corrected chi connectivity index (χ2v) is 4.49. The molecule has 0 aliphatic carbocycles. The Morgan fingerprint density at radius 3 is 2.89 bits per heavy atom. The van der Waals surface area contributed by atoms with E-state index in [0.717, 1.165) is 31.6 Å². The fourth-order valence-electron chi connectivity index (χ4n) is 1.49. The Morgan fingerprint density at radius 2 is 2.22 bits per heavy atom. The van der Waals surface area contributed by atoms with Crippen LogP contribution >= 0.6 is 0 Å². The van der Waals surface area contributed by atoms with Gasteiger partial charge in [0, 0.05) is 24.3 Å². The maximum atomic E-state index is 11.9. The van der Waals surface area contributed by atoms with Crippen molar-refractivity contribution < 1.29 is 4.79 Å². The molecule has 0 radical (unpaired) electrons. The van der Waals surface area contributed by atoms with Crippen LogP contribution in [0.15, 0.2) is 18.3 Å². The Kier molecular flexibility index (Phi) is 6.19. The fourth-order valence-corrected chi connectivity index (χ4v) is 1.49. The summed E-state index contributed by atoms with van der Waals surface area (Å²) in [4.78, 5) is 16.1. The van der Waals surface area contributed by atoms with Gasteiger partial charge in [0.15, 0.2) is 0 Å². The van der Waals surface area contributed by atoms with E-state index in [2.05, 4.69) is 36.4 Å². The number of carbonyl (C=O) groups excluding carboxylic acids is 1. The molecule has 1 rings (SSSR count). The summed E-state index contributed by atoms with van der Waals surface area (Å²) in [5, 5.41) is 6.16. The Hall–Kier alpha value is -1.58. The highest BCUT2D eigenvalue weighted by Crippen LogP contribution is 2.09. The molecule has 18 heavy (non-hydrogen) atoms. The lowest BCUT2D eigenvalue weighted by Crippen LogP contribution is -2.24. The van der Waals surface area contributed by atoms with Crippen LogP contribution in [0.3, 0.4) is 0 Å². The first kappa shape index (κ1) is 14.5. The summed E-state index contributed by atoms with van der Waals surface area (Å²) >= 11 is 0. The first-order chi connectivity index (χ1) is 8.67. The normalized spacial score (nSPS) is 11.9. The minimum absolute atomic E-state index is 0.0296. The monoisotopic (exact) mass is 249 g/mol. The average molecular weight is 249 g/mol. The van der Waals surface area contributed by atoms with Crippen LogP contribution in [0.4, 0.5) is 5.82 Å². The second-order valence-electron chi connectivity index (χ2n) is 4.49. The van der Waals surface area contributed by atoms with Crippen molar-refractivity contribution in [1.29, 1.82) is 0 Å². The van der Waals surface area contributed by atoms with Crippen molar-refractivity contribution in [2.24, 2.45) is 0 Å². The molecule has 1 heterocycles. The van der Waals surface area contributed by atoms with Crippen molar-refractivity contribution in [3.63, 3.8) is 0 Å². The van der Waals surface area contributed by atoms with Crippen LogP contribution in [0, 0.1) is 0 Å². The number of nitrogens with one attached hydrogen (secondary N) is 2. The Labute approximate surface area is 109 Å². The number of carbonyl (C=O) groups is 1. The molecule has 1 aromatic rings. The molecule has 4 nitrogen and oxygen atoms in total. The summed E-state index contributed by atoms with van der Waals surface area (Å²) in [6, 6.07) is 3.90. The van der Waals surface area contributed by atoms with Gasteiger partial charge in [0.25, 0.3) is 5.91 Å². The average Bonchev–Trinajstić information content (AvgIpc) is 2.39. The molecule has 0 spiro atoms. The van der Waals surface area contributed by atoms with Crippen LogP contribution in [0.1, 0.15) is 50.4 Å². The predicted octanol–water partition coefficient (Wildman–Crippen LogP) is 2.82. The quantitative estimate of drug-likeness (QED) is 0.731. The van der Waals surface area contributed by atoms with Crippen molar-refractivity contribution in [2.75, 3.05) is 11.9 Å². The first-order valence-corrected chi connectivity index (χ1v) is 6.68. The number of rotatable bonds is 7. The van der Waals surface area contributed by atoms with E-state index in [9.17, 15) is 4.79 Å². The van der Waals surface area contributed by atoms with E-state index in [0.29, 0.717) is 11.6 Å². The number of aromatic nitrogens is 1. The van der Waals surface area contributed by atoms with Gasteiger partial charge in [-0.3, -0.25) is 4.79 Å². The second kappa shape index (κ2) is 7.69. The van der Waals surface area contributed by atoms with Gasteiger partial charge in [-0.2, -0.15) is 0 Å². The van der Waals surface area contributed by atoms with Crippen LogP contribution in [0.25, 0.3) is 0 Å². The third-order valence-corrected chi connectivity index (χ3v) is 2.84. The van der Waals surface area contributed by atoms with E-state index in [-0.39, 0.29) is 5.91 Å². The SMILES string of the molecule is CCCCNC(=O)c1ccnc(NC(C)CC)c1. The van der Waals surface area contributed by atoms with E-state index >= 15 is 0 Å². The molecule has 1 unspecified atom stereocenters. The van der Waals surface area contributed by atoms with Gasteiger partial charge in [-0.05, 0) is 31.9 Å². The molecular formula is C14H23N3O.